The van der Waals surface area contributed by atoms with Crippen LogP contribution >= 0.6 is 23.1 Å². The van der Waals surface area contributed by atoms with E-state index in [9.17, 15) is 4.79 Å². The molecule has 152 valence electrons. The lowest BCUT2D eigenvalue weighted by Gasteiger charge is -2.04. The van der Waals surface area contributed by atoms with E-state index in [1.54, 1.807) is 18.0 Å². The lowest BCUT2D eigenvalue weighted by molar-refractivity contribution is -0.113. The zero-order valence-corrected chi connectivity index (χ0v) is 17.7. The molecule has 10 heteroatoms. The molecule has 4 rings (SSSR count). The monoisotopic (exact) mass is 438 g/mol. The van der Waals surface area contributed by atoms with Crippen LogP contribution in [0.25, 0.3) is 5.69 Å². The van der Waals surface area contributed by atoms with Crippen molar-refractivity contribution < 1.29 is 9.53 Å². The average Bonchev–Trinajstić information content (AvgIpc) is 3.43. The van der Waals surface area contributed by atoms with Crippen molar-refractivity contribution in [3.05, 3.63) is 71.2 Å². The highest BCUT2D eigenvalue weighted by molar-refractivity contribution is 7.99. The highest BCUT2D eigenvalue weighted by atomic mass is 32.2. The van der Waals surface area contributed by atoms with Crippen LogP contribution in [0, 0.1) is 0 Å². The van der Waals surface area contributed by atoms with Gasteiger partial charge in [-0.3, -0.25) is 4.79 Å². The maximum absolute atomic E-state index is 12.3. The maximum Gasteiger partial charge on any atom is 0.236 e. The average molecular weight is 439 g/mol. The summed E-state index contributed by atoms with van der Waals surface area (Å²) < 4.78 is 6.78. The number of benzene rings is 2. The number of carbonyl (C=O) groups is 1. The Hall–Kier alpha value is -3.24. The number of thioether (sulfide) groups is 1. The summed E-state index contributed by atoms with van der Waals surface area (Å²) in [6.07, 6.45) is 2.53. The van der Waals surface area contributed by atoms with Gasteiger partial charge in [-0.2, -0.15) is 4.68 Å². The molecule has 1 amide bonds. The molecule has 8 nitrogen and oxygen atoms in total. The third-order valence-corrected chi connectivity index (χ3v) is 5.94. The van der Waals surface area contributed by atoms with Crippen LogP contribution in [-0.2, 0) is 11.2 Å². The van der Waals surface area contributed by atoms with Gasteiger partial charge >= 0.3 is 0 Å². The molecule has 0 saturated heterocycles. The summed E-state index contributed by atoms with van der Waals surface area (Å²) in [5.41, 5.74) is 1.99. The molecule has 0 aliphatic rings. The van der Waals surface area contributed by atoms with Gasteiger partial charge in [0, 0.05) is 17.5 Å². The number of methoxy groups -OCH3 is 1. The van der Waals surface area contributed by atoms with Crippen molar-refractivity contribution in [3.8, 4) is 11.4 Å². The molecule has 2 aromatic heterocycles. The maximum atomic E-state index is 12.3. The Morgan fingerprint density at radius 2 is 1.97 bits per heavy atom. The van der Waals surface area contributed by atoms with E-state index in [-0.39, 0.29) is 11.7 Å². The number of hydrogen-bond donors (Lipinski definition) is 1. The van der Waals surface area contributed by atoms with Gasteiger partial charge in [-0.1, -0.05) is 42.1 Å². The molecular weight excluding hydrogens is 420 g/mol. The fraction of sp³-hybridized carbons (Fsp3) is 0.150. The summed E-state index contributed by atoms with van der Waals surface area (Å²) in [6.45, 7) is 0. The van der Waals surface area contributed by atoms with Gasteiger partial charge in [0.25, 0.3) is 0 Å². The van der Waals surface area contributed by atoms with Crippen LogP contribution in [0.3, 0.4) is 0 Å². The van der Waals surface area contributed by atoms with Crippen LogP contribution in [0.4, 0.5) is 5.13 Å². The second-order valence-corrected chi connectivity index (χ2v) is 8.26. The summed E-state index contributed by atoms with van der Waals surface area (Å²) in [5.74, 6) is 0.848. The van der Waals surface area contributed by atoms with E-state index in [1.165, 1.54) is 23.1 Å². The molecule has 1 N–H and O–H groups in total. The Labute approximate surface area is 181 Å². The van der Waals surface area contributed by atoms with Gasteiger partial charge < -0.3 is 10.1 Å². The van der Waals surface area contributed by atoms with Crippen LogP contribution in [0.15, 0.2) is 66.0 Å². The molecule has 30 heavy (non-hydrogen) atoms. The number of nitrogens with one attached hydrogen (secondary N) is 1. The molecule has 0 atom stereocenters. The normalized spacial score (nSPS) is 10.7. The number of tetrazole rings is 1. The lowest BCUT2D eigenvalue weighted by Crippen LogP contribution is -2.14. The lowest BCUT2D eigenvalue weighted by atomic mass is 10.1. The second kappa shape index (κ2) is 9.51. The molecule has 0 radical (unpaired) electrons. The van der Waals surface area contributed by atoms with Crippen LogP contribution in [0.5, 0.6) is 5.75 Å². The standard InChI is InChI=1S/C20H18N6O2S2/c1-28-16-9-7-14(8-10-16)11-17-12-21-19(30-17)22-18(27)13-29-20-23-24-25-26(20)15-5-3-2-4-6-15/h2-10,12H,11,13H2,1H3,(H,21,22,27). The van der Waals surface area contributed by atoms with Crippen molar-refractivity contribution in [2.24, 2.45) is 0 Å². The minimum atomic E-state index is -0.159. The molecule has 0 unspecified atom stereocenters. The van der Waals surface area contributed by atoms with Crippen molar-refractivity contribution in [2.75, 3.05) is 18.2 Å². The number of ether oxygens (including phenoxy) is 1. The number of carbonyl (C=O) groups excluding carboxylic acids is 1. The molecular formula is C20H18N6O2S2. The van der Waals surface area contributed by atoms with Crippen LogP contribution in [-0.4, -0.2) is 44.0 Å². The van der Waals surface area contributed by atoms with Gasteiger partial charge in [-0.15, -0.1) is 16.4 Å². The first-order valence-corrected chi connectivity index (χ1v) is 10.9. The van der Waals surface area contributed by atoms with E-state index in [4.69, 9.17) is 4.74 Å². The summed E-state index contributed by atoms with van der Waals surface area (Å²) in [4.78, 5) is 17.7. The van der Waals surface area contributed by atoms with Crippen molar-refractivity contribution in [1.82, 2.24) is 25.2 Å². The van der Waals surface area contributed by atoms with Gasteiger partial charge in [0.1, 0.15) is 5.75 Å². The van der Waals surface area contributed by atoms with Crippen LogP contribution < -0.4 is 10.1 Å². The molecule has 0 fully saturated rings. The fourth-order valence-electron chi connectivity index (χ4n) is 2.68. The summed E-state index contributed by atoms with van der Waals surface area (Å²) in [5, 5.41) is 15.7. The Morgan fingerprint density at radius 1 is 1.17 bits per heavy atom. The number of para-hydroxylation sites is 1. The number of aromatic nitrogens is 5. The van der Waals surface area contributed by atoms with E-state index >= 15 is 0 Å². The van der Waals surface area contributed by atoms with Crippen molar-refractivity contribution in [2.45, 2.75) is 11.6 Å². The third kappa shape index (κ3) is 5.02. The highest BCUT2D eigenvalue weighted by Gasteiger charge is 2.13. The first-order valence-electron chi connectivity index (χ1n) is 9.05. The Bertz CT molecular complexity index is 1110. The molecule has 0 aliphatic heterocycles. The minimum Gasteiger partial charge on any atom is -0.497 e. The van der Waals surface area contributed by atoms with Crippen LogP contribution in [0.2, 0.25) is 0 Å². The van der Waals surface area contributed by atoms with E-state index in [2.05, 4.69) is 25.8 Å². The summed E-state index contributed by atoms with van der Waals surface area (Å²) in [7, 11) is 1.65. The highest BCUT2D eigenvalue weighted by Crippen LogP contribution is 2.23. The SMILES string of the molecule is COc1ccc(Cc2cnc(NC(=O)CSc3nnnn3-c3ccccc3)s2)cc1. The zero-order valence-electron chi connectivity index (χ0n) is 16.1. The third-order valence-electron chi connectivity index (χ3n) is 4.11. The minimum absolute atomic E-state index is 0.159. The van der Waals surface area contributed by atoms with Crippen molar-refractivity contribution in [1.29, 1.82) is 0 Å². The first kappa shape index (κ1) is 20.0. The van der Waals surface area contributed by atoms with Gasteiger partial charge in [-0.05, 0) is 40.3 Å². The van der Waals surface area contributed by atoms with E-state index < -0.39 is 0 Å². The number of rotatable bonds is 8. The van der Waals surface area contributed by atoms with Gasteiger partial charge in [0.2, 0.25) is 11.1 Å². The smallest absolute Gasteiger partial charge is 0.236 e. The van der Waals surface area contributed by atoms with E-state index in [0.717, 1.165) is 28.3 Å². The fourth-order valence-corrected chi connectivity index (χ4v) is 4.23. The molecule has 0 bridgehead atoms. The molecule has 4 aromatic rings. The van der Waals surface area contributed by atoms with Gasteiger partial charge in [0.05, 0.1) is 18.6 Å². The molecule has 0 saturated carbocycles. The zero-order chi connectivity index (χ0) is 20.8. The Kier molecular flexibility index (Phi) is 6.35. The molecule has 2 heterocycles. The molecule has 2 aromatic carbocycles. The predicted octanol–water partition coefficient (Wildman–Crippen LogP) is 3.45. The number of anilines is 1. The van der Waals surface area contributed by atoms with E-state index in [1.807, 2.05) is 54.6 Å². The topological polar surface area (TPSA) is 94.8 Å². The number of amides is 1. The largest absolute Gasteiger partial charge is 0.497 e. The summed E-state index contributed by atoms with van der Waals surface area (Å²) >= 11 is 2.73. The van der Waals surface area contributed by atoms with Crippen LogP contribution in [0.1, 0.15) is 10.4 Å². The van der Waals surface area contributed by atoms with Gasteiger partial charge in [-0.25, -0.2) is 4.98 Å². The molecule has 0 aliphatic carbocycles. The summed E-state index contributed by atoms with van der Waals surface area (Å²) in [6, 6.07) is 17.4. The number of nitrogens with zero attached hydrogens (tertiary/aromatic N) is 5. The quantitative estimate of drug-likeness (QED) is 0.421. The van der Waals surface area contributed by atoms with Crippen molar-refractivity contribution >= 4 is 34.1 Å². The number of hydrogen-bond acceptors (Lipinski definition) is 8. The predicted molar refractivity (Wildman–Crippen MR) is 116 cm³/mol. The first-order chi connectivity index (χ1) is 14.7. The second-order valence-electron chi connectivity index (χ2n) is 6.20. The molecule has 0 spiro atoms. The number of thiazole rings is 1. The van der Waals surface area contributed by atoms with Crippen molar-refractivity contribution in [3.63, 3.8) is 0 Å². The van der Waals surface area contributed by atoms with Gasteiger partial charge in [0.15, 0.2) is 5.13 Å². The Morgan fingerprint density at radius 3 is 2.73 bits per heavy atom. The van der Waals surface area contributed by atoms with E-state index in [0.29, 0.717) is 10.3 Å². The Balaban J connectivity index is 1.31.